The molecule has 4 rings (SSSR count). The van der Waals surface area contributed by atoms with Crippen LogP contribution in [0.2, 0.25) is 0 Å². The Morgan fingerprint density at radius 3 is 2.68 bits per heavy atom. The Labute approximate surface area is 149 Å². The molecule has 1 aromatic heterocycles. The minimum absolute atomic E-state index is 0.198. The van der Waals surface area contributed by atoms with E-state index in [0.29, 0.717) is 17.9 Å². The summed E-state index contributed by atoms with van der Waals surface area (Å²) in [4.78, 5) is 19.0. The van der Waals surface area contributed by atoms with E-state index in [1.165, 1.54) is 11.1 Å². The minimum atomic E-state index is 0.198. The zero-order valence-corrected chi connectivity index (χ0v) is 14.7. The number of piperidine rings is 1. The SMILES string of the molecule is Cc1ccccc1C1CC1C(=O)N1CCC(Nc2cccnc2)CC1. The van der Waals surface area contributed by atoms with Crippen molar-refractivity contribution in [2.45, 2.75) is 38.1 Å². The first-order valence-electron chi connectivity index (χ1n) is 9.23. The Balaban J connectivity index is 1.30. The van der Waals surface area contributed by atoms with E-state index in [2.05, 4.69) is 46.4 Å². The molecule has 1 aromatic carbocycles. The molecule has 2 heterocycles. The molecule has 1 N–H and O–H groups in total. The van der Waals surface area contributed by atoms with E-state index in [0.717, 1.165) is 38.0 Å². The average Bonchev–Trinajstić information content (AvgIpc) is 3.44. The molecule has 25 heavy (non-hydrogen) atoms. The molecule has 2 atom stereocenters. The third-order valence-corrected chi connectivity index (χ3v) is 5.53. The Morgan fingerprint density at radius 2 is 1.96 bits per heavy atom. The van der Waals surface area contributed by atoms with Crippen molar-refractivity contribution >= 4 is 11.6 Å². The molecule has 4 heteroatoms. The van der Waals surface area contributed by atoms with Gasteiger partial charge in [-0.25, -0.2) is 0 Å². The zero-order chi connectivity index (χ0) is 17.2. The van der Waals surface area contributed by atoms with E-state index in [1.54, 1.807) is 6.20 Å². The van der Waals surface area contributed by atoms with Gasteiger partial charge in [-0.05, 0) is 55.4 Å². The summed E-state index contributed by atoms with van der Waals surface area (Å²) < 4.78 is 0. The Kier molecular flexibility index (Phi) is 4.43. The maximum absolute atomic E-state index is 12.8. The summed E-state index contributed by atoms with van der Waals surface area (Å²) in [7, 11) is 0. The fraction of sp³-hybridized carbons (Fsp3) is 0.429. The Bertz CT molecular complexity index is 738. The third kappa shape index (κ3) is 3.53. The molecule has 0 radical (unpaired) electrons. The molecule has 0 bridgehead atoms. The molecule has 1 aliphatic carbocycles. The van der Waals surface area contributed by atoms with Crippen molar-refractivity contribution in [3.05, 3.63) is 59.9 Å². The van der Waals surface area contributed by atoms with Gasteiger partial charge in [-0.3, -0.25) is 9.78 Å². The summed E-state index contributed by atoms with van der Waals surface area (Å²) in [5, 5.41) is 3.53. The van der Waals surface area contributed by atoms with Crippen LogP contribution in [0.3, 0.4) is 0 Å². The van der Waals surface area contributed by atoms with Gasteiger partial charge in [-0.1, -0.05) is 24.3 Å². The van der Waals surface area contributed by atoms with Gasteiger partial charge in [0.25, 0.3) is 0 Å². The molecule has 1 saturated carbocycles. The van der Waals surface area contributed by atoms with Gasteiger partial charge in [0.05, 0.1) is 5.69 Å². The number of rotatable bonds is 4. The molecule has 2 fully saturated rings. The van der Waals surface area contributed by atoms with Crippen LogP contribution in [0.25, 0.3) is 0 Å². The minimum Gasteiger partial charge on any atom is -0.381 e. The molecule has 2 aliphatic rings. The normalized spacial score (nSPS) is 23.3. The van der Waals surface area contributed by atoms with Crippen LogP contribution in [0.1, 0.15) is 36.3 Å². The van der Waals surface area contributed by atoms with Crippen LogP contribution in [0, 0.1) is 12.8 Å². The number of carbonyl (C=O) groups excluding carboxylic acids is 1. The molecule has 2 unspecified atom stereocenters. The second-order valence-electron chi connectivity index (χ2n) is 7.29. The number of benzene rings is 1. The highest BCUT2D eigenvalue weighted by Gasteiger charge is 2.46. The molecule has 0 spiro atoms. The van der Waals surface area contributed by atoms with Gasteiger partial charge in [-0.15, -0.1) is 0 Å². The molecule has 2 aromatic rings. The Hall–Kier alpha value is -2.36. The highest BCUT2D eigenvalue weighted by molar-refractivity contribution is 5.83. The van der Waals surface area contributed by atoms with Gasteiger partial charge in [0, 0.05) is 37.4 Å². The number of anilines is 1. The zero-order valence-electron chi connectivity index (χ0n) is 14.7. The van der Waals surface area contributed by atoms with E-state index >= 15 is 0 Å². The number of pyridine rings is 1. The topological polar surface area (TPSA) is 45.2 Å². The lowest BCUT2D eigenvalue weighted by Crippen LogP contribution is -2.43. The van der Waals surface area contributed by atoms with E-state index in [4.69, 9.17) is 0 Å². The number of aryl methyl sites for hydroxylation is 1. The second-order valence-corrected chi connectivity index (χ2v) is 7.29. The van der Waals surface area contributed by atoms with Crippen LogP contribution in [-0.4, -0.2) is 34.9 Å². The van der Waals surface area contributed by atoms with Crippen molar-refractivity contribution in [1.82, 2.24) is 9.88 Å². The molecule has 1 saturated heterocycles. The summed E-state index contributed by atoms with van der Waals surface area (Å²) in [5.41, 5.74) is 3.73. The number of amides is 1. The predicted molar refractivity (Wildman–Crippen MR) is 99.5 cm³/mol. The van der Waals surface area contributed by atoms with E-state index < -0.39 is 0 Å². The van der Waals surface area contributed by atoms with Crippen LogP contribution in [-0.2, 0) is 4.79 Å². The lowest BCUT2D eigenvalue weighted by Gasteiger charge is -2.33. The van der Waals surface area contributed by atoms with E-state index in [1.807, 2.05) is 18.3 Å². The van der Waals surface area contributed by atoms with Gasteiger partial charge in [0.1, 0.15) is 0 Å². The summed E-state index contributed by atoms with van der Waals surface area (Å²) in [6.45, 7) is 3.85. The number of aromatic nitrogens is 1. The molecule has 130 valence electrons. The van der Waals surface area contributed by atoms with Gasteiger partial charge >= 0.3 is 0 Å². The second kappa shape index (κ2) is 6.87. The maximum atomic E-state index is 12.8. The first-order valence-corrected chi connectivity index (χ1v) is 9.23. The highest BCUT2D eigenvalue weighted by atomic mass is 16.2. The molecular formula is C21H25N3O. The number of nitrogens with one attached hydrogen (secondary N) is 1. The number of hydrogen-bond donors (Lipinski definition) is 1. The molecular weight excluding hydrogens is 310 g/mol. The van der Waals surface area contributed by atoms with Crippen LogP contribution in [0.4, 0.5) is 5.69 Å². The standard InChI is InChI=1S/C21H25N3O/c1-15-5-2-3-7-18(15)19-13-20(19)21(25)24-11-8-16(9-12-24)23-17-6-4-10-22-14-17/h2-7,10,14,16,19-20,23H,8-9,11-13H2,1H3. The maximum Gasteiger partial charge on any atom is 0.226 e. The van der Waals surface area contributed by atoms with Crippen molar-refractivity contribution in [3.63, 3.8) is 0 Å². The monoisotopic (exact) mass is 335 g/mol. The fourth-order valence-electron chi connectivity index (χ4n) is 3.98. The van der Waals surface area contributed by atoms with Crippen LogP contribution >= 0.6 is 0 Å². The molecule has 1 amide bonds. The van der Waals surface area contributed by atoms with Gasteiger partial charge in [0.2, 0.25) is 5.91 Å². The third-order valence-electron chi connectivity index (χ3n) is 5.53. The van der Waals surface area contributed by atoms with Gasteiger partial charge in [0.15, 0.2) is 0 Å². The number of nitrogens with zero attached hydrogens (tertiary/aromatic N) is 2. The number of likely N-dealkylation sites (tertiary alicyclic amines) is 1. The van der Waals surface area contributed by atoms with Gasteiger partial charge < -0.3 is 10.2 Å². The number of carbonyl (C=O) groups is 1. The summed E-state index contributed by atoms with van der Waals surface area (Å²) >= 11 is 0. The lowest BCUT2D eigenvalue weighted by molar-refractivity contribution is -0.133. The van der Waals surface area contributed by atoms with Crippen LogP contribution in [0.15, 0.2) is 48.8 Å². The highest BCUT2D eigenvalue weighted by Crippen LogP contribution is 2.49. The smallest absolute Gasteiger partial charge is 0.226 e. The summed E-state index contributed by atoms with van der Waals surface area (Å²) in [6.07, 6.45) is 6.66. The van der Waals surface area contributed by atoms with E-state index in [9.17, 15) is 4.79 Å². The largest absolute Gasteiger partial charge is 0.381 e. The van der Waals surface area contributed by atoms with Crippen molar-refractivity contribution in [3.8, 4) is 0 Å². The Morgan fingerprint density at radius 1 is 1.16 bits per heavy atom. The quantitative estimate of drug-likeness (QED) is 0.928. The van der Waals surface area contributed by atoms with Crippen LogP contribution < -0.4 is 5.32 Å². The van der Waals surface area contributed by atoms with E-state index in [-0.39, 0.29) is 5.92 Å². The molecule has 1 aliphatic heterocycles. The average molecular weight is 335 g/mol. The first kappa shape index (κ1) is 16.1. The summed E-state index contributed by atoms with van der Waals surface area (Å²) in [6, 6.07) is 12.9. The first-order chi connectivity index (χ1) is 12.2. The molecule has 4 nitrogen and oxygen atoms in total. The number of hydrogen-bond acceptors (Lipinski definition) is 3. The van der Waals surface area contributed by atoms with Crippen molar-refractivity contribution < 1.29 is 4.79 Å². The van der Waals surface area contributed by atoms with Crippen molar-refractivity contribution in [2.75, 3.05) is 18.4 Å². The lowest BCUT2D eigenvalue weighted by atomic mass is 10.0. The van der Waals surface area contributed by atoms with Crippen molar-refractivity contribution in [2.24, 2.45) is 5.92 Å². The van der Waals surface area contributed by atoms with Gasteiger partial charge in [-0.2, -0.15) is 0 Å². The predicted octanol–water partition coefficient (Wildman–Crippen LogP) is 3.60. The van der Waals surface area contributed by atoms with Crippen LogP contribution in [0.5, 0.6) is 0 Å². The van der Waals surface area contributed by atoms with Crippen molar-refractivity contribution in [1.29, 1.82) is 0 Å². The fourth-order valence-corrected chi connectivity index (χ4v) is 3.98. The summed E-state index contributed by atoms with van der Waals surface area (Å²) in [5.74, 6) is 0.983.